The predicted octanol–water partition coefficient (Wildman–Crippen LogP) is 4.23. The maximum atomic E-state index is 12.5. The van der Waals surface area contributed by atoms with Gasteiger partial charge in [-0.1, -0.05) is 19.9 Å². The lowest BCUT2D eigenvalue weighted by atomic mass is 9.96. The molecule has 0 unspecified atom stereocenters. The summed E-state index contributed by atoms with van der Waals surface area (Å²) in [5.41, 5.74) is 3.64. The molecule has 1 aliphatic heterocycles. The number of benzene rings is 1. The fraction of sp³-hybridized carbons (Fsp3) is 0.450. The molecule has 0 spiro atoms. The third kappa shape index (κ3) is 3.05. The summed E-state index contributed by atoms with van der Waals surface area (Å²) in [6.07, 6.45) is 7.01. The first-order chi connectivity index (χ1) is 11.7. The van der Waals surface area contributed by atoms with Crippen LogP contribution in [0.2, 0.25) is 0 Å². The van der Waals surface area contributed by atoms with Gasteiger partial charge in [0, 0.05) is 41.7 Å². The molecule has 0 aliphatic carbocycles. The van der Waals surface area contributed by atoms with Crippen molar-refractivity contribution >= 4 is 22.4 Å². The highest BCUT2D eigenvalue weighted by molar-refractivity contribution is 5.94. The molecule has 1 aromatic heterocycles. The minimum atomic E-state index is 0.164. The van der Waals surface area contributed by atoms with Crippen molar-refractivity contribution in [2.75, 3.05) is 20.2 Å². The lowest BCUT2D eigenvalue weighted by Crippen LogP contribution is -2.38. The van der Waals surface area contributed by atoms with Gasteiger partial charge in [0.15, 0.2) is 0 Å². The number of nitrogens with one attached hydrogen (secondary N) is 1. The van der Waals surface area contributed by atoms with Crippen LogP contribution < -0.4 is 4.74 Å². The number of aromatic amines is 1. The van der Waals surface area contributed by atoms with Crippen molar-refractivity contribution in [3.05, 3.63) is 36.0 Å². The standard InChI is InChI=1S/C20H26N2O2/c1-4-14(5-2)20(23)22-10-8-15(9-11-22)18-13-21-19-7-6-16(24-3)12-17(18)19/h6-8,12-14,21H,4-5,9-11H2,1-3H3. The summed E-state index contributed by atoms with van der Waals surface area (Å²) in [5.74, 6) is 1.33. The fourth-order valence-corrected chi connectivity index (χ4v) is 3.50. The van der Waals surface area contributed by atoms with Crippen LogP contribution in [-0.4, -0.2) is 36.0 Å². The number of hydrogen-bond acceptors (Lipinski definition) is 2. The van der Waals surface area contributed by atoms with E-state index in [1.165, 1.54) is 16.5 Å². The van der Waals surface area contributed by atoms with Crippen LogP contribution in [0.3, 0.4) is 0 Å². The summed E-state index contributed by atoms with van der Waals surface area (Å²) in [4.78, 5) is 17.9. The lowest BCUT2D eigenvalue weighted by molar-refractivity contribution is -0.135. The van der Waals surface area contributed by atoms with Crippen LogP contribution >= 0.6 is 0 Å². The summed E-state index contributed by atoms with van der Waals surface area (Å²) in [7, 11) is 1.69. The van der Waals surface area contributed by atoms with Crippen molar-refractivity contribution in [2.45, 2.75) is 33.1 Å². The maximum absolute atomic E-state index is 12.5. The largest absolute Gasteiger partial charge is 0.497 e. The summed E-state index contributed by atoms with van der Waals surface area (Å²) in [6.45, 7) is 5.70. The molecule has 0 fully saturated rings. The van der Waals surface area contributed by atoms with Crippen LogP contribution in [0.15, 0.2) is 30.5 Å². The molecule has 128 valence electrons. The number of nitrogens with zero attached hydrogens (tertiary/aromatic N) is 1. The zero-order valence-electron chi connectivity index (χ0n) is 14.8. The number of amides is 1. The molecule has 0 saturated heterocycles. The van der Waals surface area contributed by atoms with Crippen molar-refractivity contribution in [3.8, 4) is 5.75 Å². The van der Waals surface area contributed by atoms with Gasteiger partial charge in [0.05, 0.1) is 7.11 Å². The Morgan fingerprint density at radius 3 is 2.75 bits per heavy atom. The molecule has 0 bridgehead atoms. The van der Waals surface area contributed by atoms with Gasteiger partial charge in [-0.2, -0.15) is 0 Å². The van der Waals surface area contributed by atoms with E-state index in [9.17, 15) is 4.79 Å². The van der Waals surface area contributed by atoms with Crippen molar-refractivity contribution in [1.29, 1.82) is 0 Å². The van der Waals surface area contributed by atoms with Crippen LogP contribution in [0.4, 0.5) is 0 Å². The lowest BCUT2D eigenvalue weighted by Gasteiger charge is -2.29. The summed E-state index contributed by atoms with van der Waals surface area (Å²) < 4.78 is 5.35. The Balaban J connectivity index is 1.81. The highest BCUT2D eigenvalue weighted by Crippen LogP contribution is 2.31. The number of aromatic nitrogens is 1. The number of rotatable bonds is 5. The van der Waals surface area contributed by atoms with Gasteiger partial charge in [0.2, 0.25) is 5.91 Å². The van der Waals surface area contributed by atoms with E-state index in [4.69, 9.17) is 4.74 Å². The predicted molar refractivity (Wildman–Crippen MR) is 98.1 cm³/mol. The maximum Gasteiger partial charge on any atom is 0.225 e. The van der Waals surface area contributed by atoms with Gasteiger partial charge in [0.1, 0.15) is 5.75 Å². The van der Waals surface area contributed by atoms with Crippen LogP contribution in [0.1, 0.15) is 38.7 Å². The molecule has 0 radical (unpaired) electrons. The van der Waals surface area contributed by atoms with Crippen molar-refractivity contribution in [1.82, 2.24) is 9.88 Å². The first-order valence-electron chi connectivity index (χ1n) is 8.81. The Bertz CT molecular complexity index is 756. The first kappa shape index (κ1) is 16.6. The van der Waals surface area contributed by atoms with Gasteiger partial charge in [0.25, 0.3) is 0 Å². The molecule has 4 heteroatoms. The fourth-order valence-electron chi connectivity index (χ4n) is 3.50. The number of carbonyl (C=O) groups excluding carboxylic acids is 1. The summed E-state index contributed by atoms with van der Waals surface area (Å²) in [6, 6.07) is 6.08. The topological polar surface area (TPSA) is 45.3 Å². The second kappa shape index (κ2) is 7.12. The Hall–Kier alpha value is -2.23. The van der Waals surface area contributed by atoms with E-state index in [2.05, 4.69) is 37.2 Å². The Morgan fingerprint density at radius 2 is 2.12 bits per heavy atom. The van der Waals surface area contributed by atoms with Gasteiger partial charge in [-0.25, -0.2) is 0 Å². The third-order valence-electron chi connectivity index (χ3n) is 5.09. The zero-order chi connectivity index (χ0) is 17.1. The Kier molecular flexibility index (Phi) is 4.93. The monoisotopic (exact) mass is 326 g/mol. The number of ether oxygens (including phenoxy) is 1. The molecular weight excluding hydrogens is 300 g/mol. The van der Waals surface area contributed by atoms with Gasteiger partial charge >= 0.3 is 0 Å². The third-order valence-corrected chi connectivity index (χ3v) is 5.09. The van der Waals surface area contributed by atoms with Crippen molar-refractivity contribution in [3.63, 3.8) is 0 Å². The van der Waals surface area contributed by atoms with E-state index in [0.29, 0.717) is 12.5 Å². The average Bonchev–Trinajstić information content (AvgIpc) is 3.05. The molecule has 0 atom stereocenters. The van der Waals surface area contributed by atoms with Gasteiger partial charge in [-0.3, -0.25) is 4.79 Å². The highest BCUT2D eigenvalue weighted by Gasteiger charge is 2.24. The molecule has 4 nitrogen and oxygen atoms in total. The molecular formula is C20H26N2O2. The minimum absolute atomic E-state index is 0.164. The molecule has 3 rings (SSSR count). The van der Waals surface area contributed by atoms with Crippen LogP contribution in [0, 0.1) is 5.92 Å². The molecule has 24 heavy (non-hydrogen) atoms. The van der Waals surface area contributed by atoms with E-state index in [1.54, 1.807) is 7.11 Å². The van der Waals surface area contributed by atoms with E-state index in [1.807, 2.05) is 17.0 Å². The van der Waals surface area contributed by atoms with Gasteiger partial charge in [-0.05, 0) is 43.0 Å². The number of H-pyrrole nitrogens is 1. The Labute approximate surface area is 143 Å². The van der Waals surface area contributed by atoms with Crippen LogP contribution in [0.25, 0.3) is 16.5 Å². The van der Waals surface area contributed by atoms with Crippen LogP contribution in [-0.2, 0) is 4.79 Å². The average molecular weight is 326 g/mol. The molecule has 1 aliphatic rings. The van der Waals surface area contributed by atoms with Gasteiger partial charge < -0.3 is 14.6 Å². The molecule has 1 amide bonds. The van der Waals surface area contributed by atoms with E-state index < -0.39 is 0 Å². The Morgan fingerprint density at radius 1 is 1.33 bits per heavy atom. The SMILES string of the molecule is CCC(CC)C(=O)N1CC=C(c2c[nH]c3ccc(OC)cc23)CC1. The second-order valence-corrected chi connectivity index (χ2v) is 6.39. The molecule has 2 heterocycles. The highest BCUT2D eigenvalue weighted by atomic mass is 16.5. The molecule has 2 aromatic rings. The number of carbonyl (C=O) groups is 1. The zero-order valence-corrected chi connectivity index (χ0v) is 14.8. The van der Waals surface area contributed by atoms with E-state index >= 15 is 0 Å². The van der Waals surface area contributed by atoms with Crippen molar-refractivity contribution < 1.29 is 9.53 Å². The molecule has 1 N–H and O–H groups in total. The quantitative estimate of drug-likeness (QED) is 0.894. The number of fused-ring (bicyclic) bond motifs is 1. The minimum Gasteiger partial charge on any atom is -0.497 e. The first-order valence-corrected chi connectivity index (χ1v) is 8.81. The second-order valence-electron chi connectivity index (χ2n) is 6.39. The van der Waals surface area contributed by atoms with Crippen molar-refractivity contribution in [2.24, 2.45) is 5.92 Å². The number of hydrogen-bond donors (Lipinski definition) is 1. The summed E-state index contributed by atoms with van der Waals surface area (Å²) in [5, 5.41) is 1.18. The molecule has 1 aromatic carbocycles. The van der Waals surface area contributed by atoms with Crippen LogP contribution in [0.5, 0.6) is 5.75 Å². The van der Waals surface area contributed by atoms with E-state index in [-0.39, 0.29) is 5.92 Å². The van der Waals surface area contributed by atoms with E-state index in [0.717, 1.165) is 37.1 Å². The van der Waals surface area contributed by atoms with Gasteiger partial charge in [-0.15, -0.1) is 0 Å². The molecule has 0 saturated carbocycles. The number of methoxy groups -OCH3 is 1. The normalized spacial score (nSPS) is 15.0. The smallest absolute Gasteiger partial charge is 0.225 e. The summed E-state index contributed by atoms with van der Waals surface area (Å²) >= 11 is 0.